The Morgan fingerprint density at radius 2 is 2.00 bits per heavy atom. The van der Waals surface area contributed by atoms with Crippen LogP contribution in [-0.2, 0) is 6.54 Å². The van der Waals surface area contributed by atoms with E-state index in [0.29, 0.717) is 17.0 Å². The standard InChI is InChI=1S/C16H16BrNO2S/c1-18(10-11-5-3-4-6-14(11)20-2)16(19)13-8-7-12(17)9-15(13)21/h3-9,21H,10H2,1-2H3. The van der Waals surface area contributed by atoms with Gasteiger partial charge >= 0.3 is 0 Å². The predicted octanol–water partition coefficient (Wildman–Crippen LogP) is 4.02. The summed E-state index contributed by atoms with van der Waals surface area (Å²) in [5.41, 5.74) is 1.55. The lowest BCUT2D eigenvalue weighted by Gasteiger charge is -2.19. The van der Waals surface area contributed by atoms with Gasteiger partial charge in [0.1, 0.15) is 5.75 Å². The van der Waals surface area contributed by atoms with Gasteiger partial charge in [-0.1, -0.05) is 34.1 Å². The second-order valence-electron chi connectivity index (χ2n) is 4.63. The van der Waals surface area contributed by atoms with Crippen molar-refractivity contribution in [2.45, 2.75) is 11.4 Å². The highest BCUT2D eigenvalue weighted by atomic mass is 79.9. The topological polar surface area (TPSA) is 29.5 Å². The minimum atomic E-state index is -0.0709. The number of thiol groups is 1. The Morgan fingerprint density at radius 3 is 2.67 bits per heavy atom. The third-order valence-corrected chi connectivity index (χ3v) is 4.00. The van der Waals surface area contributed by atoms with Gasteiger partial charge in [0.15, 0.2) is 0 Å². The molecule has 0 atom stereocenters. The largest absolute Gasteiger partial charge is 0.496 e. The van der Waals surface area contributed by atoms with Crippen LogP contribution < -0.4 is 4.74 Å². The van der Waals surface area contributed by atoms with E-state index in [0.717, 1.165) is 15.8 Å². The summed E-state index contributed by atoms with van der Waals surface area (Å²) in [7, 11) is 3.39. The van der Waals surface area contributed by atoms with Crippen LogP contribution in [0.5, 0.6) is 5.75 Å². The molecule has 0 aliphatic rings. The summed E-state index contributed by atoms with van der Waals surface area (Å²) >= 11 is 7.73. The first-order valence-corrected chi connectivity index (χ1v) is 7.63. The fourth-order valence-corrected chi connectivity index (χ4v) is 2.90. The molecule has 21 heavy (non-hydrogen) atoms. The Morgan fingerprint density at radius 1 is 1.29 bits per heavy atom. The zero-order valence-electron chi connectivity index (χ0n) is 11.8. The monoisotopic (exact) mass is 365 g/mol. The fraction of sp³-hybridized carbons (Fsp3) is 0.188. The van der Waals surface area contributed by atoms with Crippen LogP contribution in [0.4, 0.5) is 0 Å². The number of ether oxygens (including phenoxy) is 1. The predicted molar refractivity (Wildman–Crippen MR) is 90.2 cm³/mol. The van der Waals surface area contributed by atoms with Crippen molar-refractivity contribution in [3.63, 3.8) is 0 Å². The normalized spacial score (nSPS) is 10.3. The minimum Gasteiger partial charge on any atom is -0.496 e. The van der Waals surface area contributed by atoms with E-state index in [4.69, 9.17) is 4.74 Å². The highest BCUT2D eigenvalue weighted by molar-refractivity contribution is 9.10. The van der Waals surface area contributed by atoms with Crippen LogP contribution in [-0.4, -0.2) is 25.0 Å². The number of hydrogen-bond acceptors (Lipinski definition) is 3. The van der Waals surface area contributed by atoms with E-state index >= 15 is 0 Å². The third kappa shape index (κ3) is 3.80. The maximum atomic E-state index is 12.5. The molecule has 0 N–H and O–H groups in total. The molecule has 3 nitrogen and oxygen atoms in total. The number of methoxy groups -OCH3 is 1. The molecule has 0 unspecified atom stereocenters. The quantitative estimate of drug-likeness (QED) is 0.829. The molecule has 2 aromatic carbocycles. The number of carbonyl (C=O) groups excluding carboxylic acids is 1. The van der Waals surface area contributed by atoms with Gasteiger partial charge in [-0.3, -0.25) is 4.79 Å². The van der Waals surface area contributed by atoms with E-state index in [2.05, 4.69) is 28.6 Å². The van der Waals surface area contributed by atoms with Gasteiger partial charge in [0.05, 0.1) is 12.7 Å². The number of nitrogens with zero attached hydrogens (tertiary/aromatic N) is 1. The number of halogens is 1. The lowest BCUT2D eigenvalue weighted by Crippen LogP contribution is -2.26. The van der Waals surface area contributed by atoms with Gasteiger partial charge < -0.3 is 9.64 Å². The fourth-order valence-electron chi connectivity index (χ4n) is 2.05. The van der Waals surface area contributed by atoms with E-state index in [-0.39, 0.29) is 5.91 Å². The zero-order chi connectivity index (χ0) is 15.4. The average Bonchev–Trinajstić information content (AvgIpc) is 2.47. The van der Waals surface area contributed by atoms with Crippen molar-refractivity contribution < 1.29 is 9.53 Å². The molecule has 2 aromatic rings. The van der Waals surface area contributed by atoms with Crippen LogP contribution in [0, 0.1) is 0 Å². The second-order valence-corrected chi connectivity index (χ2v) is 6.03. The molecule has 0 spiro atoms. The molecule has 0 fully saturated rings. The molecule has 0 aliphatic carbocycles. The van der Waals surface area contributed by atoms with E-state index in [1.54, 1.807) is 25.1 Å². The van der Waals surface area contributed by atoms with Crippen molar-refractivity contribution in [1.82, 2.24) is 4.90 Å². The molecule has 0 aromatic heterocycles. The molecule has 0 saturated carbocycles. The van der Waals surface area contributed by atoms with Crippen LogP contribution in [0.15, 0.2) is 51.8 Å². The first kappa shape index (κ1) is 15.9. The Labute approximate surface area is 138 Å². The van der Waals surface area contributed by atoms with Crippen molar-refractivity contribution in [1.29, 1.82) is 0 Å². The minimum absolute atomic E-state index is 0.0709. The molecule has 0 heterocycles. The number of benzene rings is 2. The van der Waals surface area contributed by atoms with Crippen LogP contribution in [0.2, 0.25) is 0 Å². The summed E-state index contributed by atoms with van der Waals surface area (Å²) in [5, 5.41) is 0. The molecule has 0 radical (unpaired) electrons. The van der Waals surface area contributed by atoms with Crippen molar-refractivity contribution in [3.8, 4) is 5.75 Å². The van der Waals surface area contributed by atoms with Gasteiger partial charge in [-0.2, -0.15) is 0 Å². The first-order chi connectivity index (χ1) is 10.0. The summed E-state index contributed by atoms with van der Waals surface area (Å²) < 4.78 is 6.21. The van der Waals surface area contributed by atoms with Crippen LogP contribution >= 0.6 is 28.6 Å². The maximum absolute atomic E-state index is 12.5. The van der Waals surface area contributed by atoms with E-state index in [9.17, 15) is 4.79 Å². The number of amides is 1. The molecular weight excluding hydrogens is 350 g/mol. The third-order valence-electron chi connectivity index (χ3n) is 3.14. The van der Waals surface area contributed by atoms with Gasteiger partial charge in [-0.25, -0.2) is 0 Å². The zero-order valence-corrected chi connectivity index (χ0v) is 14.3. The van der Waals surface area contributed by atoms with Crippen molar-refractivity contribution in [2.75, 3.05) is 14.2 Å². The van der Waals surface area contributed by atoms with Gasteiger partial charge in [0.25, 0.3) is 5.91 Å². The van der Waals surface area contributed by atoms with Gasteiger partial charge in [0, 0.05) is 28.5 Å². The molecular formula is C16H16BrNO2S. The molecule has 110 valence electrons. The van der Waals surface area contributed by atoms with E-state index < -0.39 is 0 Å². The molecule has 0 bridgehead atoms. The van der Waals surface area contributed by atoms with E-state index in [1.165, 1.54) is 0 Å². The van der Waals surface area contributed by atoms with Crippen molar-refractivity contribution in [2.24, 2.45) is 0 Å². The molecule has 1 amide bonds. The summed E-state index contributed by atoms with van der Waals surface area (Å²) in [4.78, 5) is 14.8. The highest BCUT2D eigenvalue weighted by Crippen LogP contribution is 2.23. The van der Waals surface area contributed by atoms with Crippen LogP contribution in [0.25, 0.3) is 0 Å². The molecule has 0 aliphatic heterocycles. The summed E-state index contributed by atoms with van der Waals surface area (Å²) in [6, 6.07) is 13.1. The smallest absolute Gasteiger partial charge is 0.255 e. The maximum Gasteiger partial charge on any atom is 0.255 e. The summed E-state index contributed by atoms with van der Waals surface area (Å²) in [5.74, 6) is 0.706. The van der Waals surface area contributed by atoms with Gasteiger partial charge in [0.2, 0.25) is 0 Å². The highest BCUT2D eigenvalue weighted by Gasteiger charge is 2.16. The van der Waals surface area contributed by atoms with E-state index in [1.807, 2.05) is 36.4 Å². The molecule has 0 saturated heterocycles. The Balaban J connectivity index is 2.19. The van der Waals surface area contributed by atoms with Crippen LogP contribution in [0.3, 0.4) is 0 Å². The molecule has 5 heteroatoms. The summed E-state index contributed by atoms with van der Waals surface area (Å²) in [6.45, 7) is 0.478. The first-order valence-electron chi connectivity index (χ1n) is 6.39. The van der Waals surface area contributed by atoms with Crippen LogP contribution in [0.1, 0.15) is 15.9 Å². The lowest BCUT2D eigenvalue weighted by atomic mass is 10.1. The Bertz CT molecular complexity index is 660. The van der Waals surface area contributed by atoms with Crippen molar-refractivity contribution >= 4 is 34.5 Å². The Kier molecular flexibility index (Phi) is 5.31. The number of carbonyl (C=O) groups is 1. The summed E-state index contributed by atoms with van der Waals surface area (Å²) in [6.07, 6.45) is 0. The van der Waals surface area contributed by atoms with Gasteiger partial charge in [-0.15, -0.1) is 12.6 Å². The second kappa shape index (κ2) is 7.00. The van der Waals surface area contributed by atoms with Gasteiger partial charge in [-0.05, 0) is 24.3 Å². The molecule has 2 rings (SSSR count). The SMILES string of the molecule is COc1ccccc1CN(C)C(=O)c1ccc(Br)cc1S. The number of hydrogen-bond donors (Lipinski definition) is 1. The van der Waals surface area contributed by atoms with Crippen molar-refractivity contribution in [3.05, 3.63) is 58.1 Å². The lowest BCUT2D eigenvalue weighted by molar-refractivity contribution is 0.0781. The number of rotatable bonds is 4. The number of para-hydroxylation sites is 1. The Hall–Kier alpha value is -1.46. The average molecular weight is 366 g/mol.